The molecule has 0 spiro atoms. The Balaban J connectivity index is 1.90. The first-order chi connectivity index (χ1) is 29.7. The average molecular weight is 887 g/mol. The molecule has 63 heavy (non-hydrogen) atoms. The smallest absolute Gasteiger partial charge is 0.328 e. The number of rotatable bonds is 27. The van der Waals surface area contributed by atoms with Gasteiger partial charge in [-0.1, -0.05) is 55.4 Å². The molecule has 18 heteroatoms. The van der Waals surface area contributed by atoms with Crippen LogP contribution in [0.2, 0.25) is 0 Å². The van der Waals surface area contributed by atoms with Crippen molar-refractivity contribution in [1.82, 2.24) is 31.6 Å². The van der Waals surface area contributed by atoms with Gasteiger partial charge in [0.25, 0.3) is 0 Å². The molecule has 1 aromatic heterocycles. The van der Waals surface area contributed by atoms with Gasteiger partial charge in [-0.05, 0) is 74.5 Å². The fraction of sp³-hybridized carbons (Fsp3) is 0.644. The van der Waals surface area contributed by atoms with Crippen LogP contribution in [0.5, 0.6) is 11.6 Å². The normalized spacial score (nSPS) is 14.2. The Morgan fingerprint density at radius 1 is 0.587 bits per heavy atom. The average Bonchev–Trinajstić information content (AvgIpc) is 3.21. The molecule has 2 aromatic rings. The molecular weight excluding hydrogens is 817 g/mol. The van der Waals surface area contributed by atoms with Gasteiger partial charge in [0.15, 0.2) is 0 Å². The summed E-state index contributed by atoms with van der Waals surface area (Å²) in [6, 6.07) is 3.94. The number of amides is 5. The molecule has 6 atom stereocenters. The molecule has 0 radical (unpaired) electrons. The molecule has 2 rings (SSSR count). The van der Waals surface area contributed by atoms with Gasteiger partial charge < -0.3 is 50.6 Å². The number of nitrogens with one attached hydrogen (secondary N) is 5. The predicted molar refractivity (Wildman–Crippen MR) is 235 cm³/mol. The van der Waals surface area contributed by atoms with Gasteiger partial charge in [-0.3, -0.25) is 24.0 Å². The zero-order chi connectivity index (χ0) is 47.4. The second-order valence-corrected chi connectivity index (χ2v) is 17.1. The van der Waals surface area contributed by atoms with Crippen LogP contribution in [0.3, 0.4) is 0 Å². The number of aromatic nitrogens is 1. The second-order valence-electron chi connectivity index (χ2n) is 17.1. The highest BCUT2D eigenvalue weighted by molar-refractivity contribution is 5.94. The summed E-state index contributed by atoms with van der Waals surface area (Å²) >= 11 is 0. The summed E-state index contributed by atoms with van der Waals surface area (Å²) in [5.74, 6) is -3.35. The fourth-order valence-electron chi connectivity index (χ4n) is 6.44. The van der Waals surface area contributed by atoms with Gasteiger partial charge in [-0.15, -0.1) is 0 Å². The Labute approximate surface area is 371 Å². The van der Waals surface area contributed by atoms with Crippen molar-refractivity contribution in [3.05, 3.63) is 30.3 Å². The molecule has 352 valence electrons. The lowest BCUT2D eigenvalue weighted by molar-refractivity contribution is -0.147. The molecule has 18 nitrogen and oxygen atoms in total. The Morgan fingerprint density at radius 3 is 1.63 bits per heavy atom. The van der Waals surface area contributed by atoms with Crippen molar-refractivity contribution in [1.29, 1.82) is 0 Å². The van der Waals surface area contributed by atoms with E-state index >= 15 is 0 Å². The third kappa shape index (κ3) is 18.8. The molecule has 6 N–H and O–H groups in total. The van der Waals surface area contributed by atoms with E-state index < -0.39 is 71.9 Å². The maximum atomic E-state index is 13.4. The van der Waals surface area contributed by atoms with Crippen molar-refractivity contribution in [3.63, 3.8) is 0 Å². The fourth-order valence-corrected chi connectivity index (χ4v) is 6.44. The number of aliphatic hydroxyl groups is 1. The lowest BCUT2D eigenvalue weighted by atomic mass is 9.98. The third-order valence-electron chi connectivity index (χ3n) is 9.87. The van der Waals surface area contributed by atoms with Crippen LogP contribution in [-0.2, 0) is 43.0 Å². The van der Waals surface area contributed by atoms with Crippen molar-refractivity contribution in [2.45, 2.75) is 137 Å². The summed E-state index contributed by atoms with van der Waals surface area (Å²) in [5.41, 5.74) is 0.592. The van der Waals surface area contributed by atoms with E-state index in [-0.39, 0.29) is 55.6 Å². The minimum absolute atomic E-state index is 0.00619. The van der Waals surface area contributed by atoms with Gasteiger partial charge in [0.2, 0.25) is 35.4 Å². The number of methoxy groups -OCH3 is 2. The summed E-state index contributed by atoms with van der Waals surface area (Å²) in [6.45, 7) is 16.4. The van der Waals surface area contributed by atoms with Crippen LogP contribution in [0.4, 0.5) is 0 Å². The zero-order valence-electron chi connectivity index (χ0n) is 38.7. The van der Waals surface area contributed by atoms with Gasteiger partial charge in [0, 0.05) is 30.4 Å². The number of benzene rings is 1. The number of aliphatic hydroxyl groups excluding tert-OH is 1. The predicted octanol–water partition coefficient (Wildman–Crippen LogP) is 3.11. The lowest BCUT2D eigenvalue weighted by Crippen LogP contribution is -2.57. The highest BCUT2D eigenvalue weighted by Gasteiger charge is 2.33. The number of hydrogen-bond donors (Lipinski definition) is 6. The monoisotopic (exact) mass is 887 g/mol. The molecule has 1 aromatic carbocycles. The van der Waals surface area contributed by atoms with Crippen LogP contribution in [-0.4, -0.2) is 115 Å². The van der Waals surface area contributed by atoms with E-state index in [4.69, 9.17) is 18.9 Å². The van der Waals surface area contributed by atoms with Crippen LogP contribution in [0.15, 0.2) is 30.3 Å². The molecule has 0 saturated heterocycles. The van der Waals surface area contributed by atoms with Gasteiger partial charge in [0.05, 0.1) is 39.1 Å². The van der Waals surface area contributed by atoms with E-state index in [1.54, 1.807) is 45.9 Å². The molecule has 5 amide bonds. The lowest BCUT2D eigenvalue weighted by Gasteiger charge is -2.28. The summed E-state index contributed by atoms with van der Waals surface area (Å²) < 4.78 is 21.3. The molecule has 0 aliphatic carbocycles. The molecular formula is C45H70N6O12. The quantitative estimate of drug-likeness (QED) is 0.0558. The number of carbonyl (C=O) groups is 7. The van der Waals surface area contributed by atoms with Crippen molar-refractivity contribution in [2.24, 2.45) is 23.7 Å². The van der Waals surface area contributed by atoms with E-state index in [0.29, 0.717) is 42.8 Å². The second kappa shape index (κ2) is 26.8. The van der Waals surface area contributed by atoms with Gasteiger partial charge in [-0.2, -0.15) is 0 Å². The van der Waals surface area contributed by atoms with E-state index in [2.05, 4.69) is 31.6 Å². The molecule has 0 unspecified atom stereocenters. The zero-order valence-corrected chi connectivity index (χ0v) is 38.7. The molecule has 0 fully saturated rings. The van der Waals surface area contributed by atoms with Crippen molar-refractivity contribution in [3.8, 4) is 11.6 Å². The van der Waals surface area contributed by atoms with Crippen LogP contribution in [0, 0.1) is 23.7 Å². The Kier molecular flexibility index (Phi) is 22.8. The standard InChI is InChI=1S/C45H70N6O12/c1-25(2)22-33(41(55)51-39(28(7)8)45(59)61-11)47-42(56)38(27(5)6)49-35(53)15-13-21-63-37-19-17-30-16-18-31(24-32(30)46-37)62-20-12-14-36(54)50-40(29(9)52)43(57)48-34(23-26(3)4)44(58)60-10/h16-19,24-29,33-34,38-40,52H,12-15,20-23H2,1-11H3,(H,47,56)(H,48,57)(H,49,53)(H,50,54)(H,51,55)/t29-,33+,34+,38+,39+,40+/m1/s1. The maximum Gasteiger partial charge on any atom is 0.328 e. The molecule has 0 aliphatic rings. The Hall–Kier alpha value is -5.52. The highest BCUT2D eigenvalue weighted by atomic mass is 16.5. The van der Waals surface area contributed by atoms with Crippen LogP contribution in [0.1, 0.15) is 101 Å². The summed E-state index contributed by atoms with van der Waals surface area (Å²) in [6.07, 6.45) is 0.115. The first-order valence-electron chi connectivity index (χ1n) is 21.7. The molecule has 1 heterocycles. The van der Waals surface area contributed by atoms with Gasteiger partial charge >= 0.3 is 11.9 Å². The minimum atomic E-state index is -1.27. The van der Waals surface area contributed by atoms with Crippen LogP contribution < -0.4 is 36.1 Å². The largest absolute Gasteiger partial charge is 0.494 e. The summed E-state index contributed by atoms with van der Waals surface area (Å²) in [7, 11) is 2.47. The van der Waals surface area contributed by atoms with Gasteiger partial charge in [-0.25, -0.2) is 14.6 Å². The number of carbonyl (C=O) groups excluding carboxylic acids is 7. The third-order valence-corrected chi connectivity index (χ3v) is 9.87. The minimum Gasteiger partial charge on any atom is -0.494 e. The maximum absolute atomic E-state index is 13.4. The number of hydrogen-bond acceptors (Lipinski definition) is 13. The number of esters is 2. The van der Waals surface area contributed by atoms with Gasteiger partial charge in [0.1, 0.15) is 36.0 Å². The van der Waals surface area contributed by atoms with Crippen LogP contribution >= 0.6 is 0 Å². The molecule has 0 saturated carbocycles. The Bertz CT molecular complexity index is 1830. The van der Waals surface area contributed by atoms with E-state index in [1.807, 2.05) is 39.8 Å². The number of pyridine rings is 1. The highest BCUT2D eigenvalue weighted by Crippen LogP contribution is 2.23. The topological polar surface area (TPSA) is 250 Å². The first-order valence-corrected chi connectivity index (χ1v) is 21.7. The van der Waals surface area contributed by atoms with E-state index in [9.17, 15) is 38.7 Å². The van der Waals surface area contributed by atoms with E-state index in [0.717, 1.165) is 5.39 Å². The number of fused-ring (bicyclic) bond motifs is 1. The summed E-state index contributed by atoms with van der Waals surface area (Å²) in [4.78, 5) is 94.2. The number of nitrogens with zero attached hydrogens (tertiary/aromatic N) is 1. The van der Waals surface area contributed by atoms with Crippen molar-refractivity contribution < 1.29 is 57.6 Å². The molecule has 0 bridgehead atoms. The van der Waals surface area contributed by atoms with Crippen molar-refractivity contribution >= 4 is 52.4 Å². The van der Waals surface area contributed by atoms with Crippen LogP contribution in [0.25, 0.3) is 10.9 Å². The Morgan fingerprint density at radius 2 is 1.10 bits per heavy atom. The number of ether oxygens (including phenoxy) is 4. The molecule has 0 aliphatic heterocycles. The van der Waals surface area contributed by atoms with Crippen molar-refractivity contribution in [2.75, 3.05) is 27.4 Å². The SMILES string of the molecule is COC(=O)[C@H](CC(C)C)NC(=O)[C@@H](NC(=O)CCCOc1ccc2ccc(OCCCC(=O)N[C@H](C(=O)N[C@@H](CC(C)C)C(=O)N[C@H](C(=O)OC)C(C)C)C(C)C)nc2c1)[C@@H](C)O. The summed E-state index contributed by atoms with van der Waals surface area (Å²) in [5, 5.41) is 24.4. The van der Waals surface area contributed by atoms with E-state index in [1.165, 1.54) is 21.1 Å². The first kappa shape index (κ1) is 53.6.